The Morgan fingerprint density at radius 1 is 1.39 bits per heavy atom. The predicted octanol–water partition coefficient (Wildman–Crippen LogP) is 0.541. The average molecular weight is 273 g/mol. The number of sulfonamides is 1. The number of nitrogens with zero attached hydrogens (tertiary/aromatic N) is 1. The van der Waals surface area contributed by atoms with Crippen LogP contribution >= 0.6 is 0 Å². The summed E-state index contributed by atoms with van der Waals surface area (Å²) < 4.78 is 29.4. The summed E-state index contributed by atoms with van der Waals surface area (Å²) in [6.07, 6.45) is 0. The zero-order chi connectivity index (χ0) is 13.8. The van der Waals surface area contributed by atoms with E-state index in [1.807, 2.05) is 0 Å². The van der Waals surface area contributed by atoms with Gasteiger partial charge in [-0.15, -0.1) is 0 Å². The van der Waals surface area contributed by atoms with Crippen LogP contribution in [0.15, 0.2) is 24.3 Å². The third kappa shape index (κ3) is 3.71. The Morgan fingerprint density at radius 2 is 2.00 bits per heavy atom. The van der Waals surface area contributed by atoms with E-state index >= 15 is 0 Å². The molecule has 0 aliphatic rings. The first-order valence-corrected chi connectivity index (χ1v) is 6.75. The summed E-state index contributed by atoms with van der Waals surface area (Å²) in [4.78, 5) is 10.5. The Hall–Kier alpha value is -1.60. The number of carbonyl (C=O) groups is 1. The van der Waals surface area contributed by atoms with Gasteiger partial charge >= 0.3 is 5.97 Å². The lowest BCUT2D eigenvalue weighted by Gasteiger charge is -2.17. The monoisotopic (exact) mass is 273 g/mol. The number of methoxy groups -OCH3 is 1. The van der Waals surface area contributed by atoms with Crippen LogP contribution in [0, 0.1) is 0 Å². The highest BCUT2D eigenvalue weighted by atomic mass is 32.2. The van der Waals surface area contributed by atoms with E-state index in [2.05, 4.69) is 0 Å². The smallest absolute Gasteiger partial charge is 0.320 e. The molecule has 1 aromatic carbocycles. The summed E-state index contributed by atoms with van der Waals surface area (Å²) in [6.45, 7) is 0.0691. The molecule has 1 rings (SSSR count). The summed E-state index contributed by atoms with van der Waals surface area (Å²) in [5.74, 6) is -1.73. The zero-order valence-electron chi connectivity index (χ0n) is 10.2. The molecule has 0 atom stereocenters. The van der Waals surface area contributed by atoms with Gasteiger partial charge in [0, 0.05) is 19.2 Å². The van der Waals surface area contributed by atoms with E-state index in [-0.39, 0.29) is 6.54 Å². The molecule has 0 aromatic heterocycles. The van der Waals surface area contributed by atoms with Crippen molar-refractivity contribution in [3.8, 4) is 5.75 Å². The van der Waals surface area contributed by atoms with Gasteiger partial charge in [-0.3, -0.25) is 4.79 Å². The number of carboxylic acid groups (broad SMARTS) is 1. The van der Waals surface area contributed by atoms with E-state index in [0.717, 1.165) is 4.31 Å². The molecular formula is C11H15NO5S. The van der Waals surface area contributed by atoms with Crippen molar-refractivity contribution in [3.63, 3.8) is 0 Å². The van der Waals surface area contributed by atoms with E-state index < -0.39 is 21.7 Å². The van der Waals surface area contributed by atoms with Crippen molar-refractivity contribution in [2.24, 2.45) is 0 Å². The van der Waals surface area contributed by atoms with Crippen LogP contribution in [0.3, 0.4) is 0 Å². The SMILES string of the molecule is COc1ccccc1CN(C)S(=O)(=O)CC(=O)O. The number of aliphatic carboxylic acids is 1. The zero-order valence-corrected chi connectivity index (χ0v) is 11.0. The lowest BCUT2D eigenvalue weighted by atomic mass is 10.2. The van der Waals surface area contributed by atoms with E-state index in [1.165, 1.54) is 14.2 Å². The van der Waals surface area contributed by atoms with Crippen LogP contribution in [0.2, 0.25) is 0 Å². The van der Waals surface area contributed by atoms with Crippen molar-refractivity contribution in [1.29, 1.82) is 0 Å². The number of ether oxygens (including phenoxy) is 1. The topological polar surface area (TPSA) is 83.9 Å². The highest BCUT2D eigenvalue weighted by molar-refractivity contribution is 7.89. The fourth-order valence-electron chi connectivity index (χ4n) is 1.44. The second kappa shape index (κ2) is 5.83. The van der Waals surface area contributed by atoms with Gasteiger partial charge in [-0.1, -0.05) is 18.2 Å². The van der Waals surface area contributed by atoms with Crippen molar-refractivity contribution < 1.29 is 23.1 Å². The molecule has 0 unspecified atom stereocenters. The van der Waals surface area contributed by atoms with E-state index in [0.29, 0.717) is 11.3 Å². The van der Waals surface area contributed by atoms with Crippen LogP contribution in [-0.2, 0) is 21.4 Å². The number of hydrogen-bond acceptors (Lipinski definition) is 4. The number of rotatable bonds is 6. The molecule has 0 aliphatic carbocycles. The molecule has 0 saturated carbocycles. The minimum absolute atomic E-state index is 0.0691. The molecule has 1 N–H and O–H groups in total. The number of para-hydroxylation sites is 1. The molecule has 0 fully saturated rings. The fraction of sp³-hybridized carbons (Fsp3) is 0.364. The molecular weight excluding hydrogens is 258 g/mol. The van der Waals surface area contributed by atoms with Gasteiger partial charge in [0.15, 0.2) is 5.75 Å². The lowest BCUT2D eigenvalue weighted by Crippen LogP contribution is -2.31. The average Bonchev–Trinajstić information content (AvgIpc) is 2.28. The normalized spacial score (nSPS) is 11.5. The molecule has 1 aromatic rings. The Morgan fingerprint density at radius 3 is 2.56 bits per heavy atom. The summed E-state index contributed by atoms with van der Waals surface area (Å²) in [5.41, 5.74) is 0.677. The summed E-state index contributed by atoms with van der Waals surface area (Å²) in [5, 5.41) is 8.53. The van der Waals surface area contributed by atoms with Crippen molar-refractivity contribution in [2.75, 3.05) is 19.9 Å². The van der Waals surface area contributed by atoms with Gasteiger partial charge < -0.3 is 9.84 Å². The van der Waals surface area contributed by atoms with Gasteiger partial charge in [0.25, 0.3) is 0 Å². The minimum atomic E-state index is -3.80. The van der Waals surface area contributed by atoms with E-state index in [9.17, 15) is 13.2 Å². The van der Waals surface area contributed by atoms with Gasteiger partial charge in [-0.2, -0.15) is 4.31 Å². The van der Waals surface area contributed by atoms with Crippen LogP contribution in [0.1, 0.15) is 5.56 Å². The maximum absolute atomic E-state index is 11.6. The third-order valence-corrected chi connectivity index (χ3v) is 4.06. The molecule has 0 radical (unpaired) electrons. The van der Waals surface area contributed by atoms with Gasteiger partial charge in [-0.05, 0) is 6.07 Å². The van der Waals surface area contributed by atoms with Crippen molar-refractivity contribution in [1.82, 2.24) is 4.31 Å². The second-order valence-corrected chi connectivity index (χ2v) is 5.79. The Balaban J connectivity index is 2.87. The van der Waals surface area contributed by atoms with Gasteiger partial charge in [0.2, 0.25) is 10.0 Å². The maximum atomic E-state index is 11.6. The van der Waals surface area contributed by atoms with Crippen molar-refractivity contribution >= 4 is 16.0 Å². The van der Waals surface area contributed by atoms with Crippen LogP contribution in [-0.4, -0.2) is 43.7 Å². The van der Waals surface area contributed by atoms with Crippen LogP contribution in [0.4, 0.5) is 0 Å². The molecule has 0 heterocycles. The van der Waals surface area contributed by atoms with E-state index in [1.54, 1.807) is 24.3 Å². The molecule has 0 spiro atoms. The standard InChI is InChI=1S/C11H15NO5S/c1-12(18(15,16)8-11(13)14)7-9-5-3-4-6-10(9)17-2/h3-6H,7-8H2,1-2H3,(H,13,14). The predicted molar refractivity (Wildman–Crippen MR) is 65.9 cm³/mol. The molecule has 100 valence electrons. The largest absolute Gasteiger partial charge is 0.496 e. The third-order valence-electron chi connectivity index (χ3n) is 2.37. The minimum Gasteiger partial charge on any atom is -0.496 e. The maximum Gasteiger partial charge on any atom is 0.320 e. The summed E-state index contributed by atoms with van der Waals surface area (Å²) >= 11 is 0. The first kappa shape index (κ1) is 14.5. The van der Waals surface area contributed by atoms with Crippen LogP contribution < -0.4 is 4.74 Å². The van der Waals surface area contributed by atoms with Gasteiger partial charge in [-0.25, -0.2) is 8.42 Å². The molecule has 0 bridgehead atoms. The number of benzene rings is 1. The Bertz CT molecular complexity index is 526. The molecule has 0 amide bonds. The molecule has 18 heavy (non-hydrogen) atoms. The highest BCUT2D eigenvalue weighted by Crippen LogP contribution is 2.19. The molecule has 0 aliphatic heterocycles. The second-order valence-electron chi connectivity index (χ2n) is 3.72. The van der Waals surface area contributed by atoms with Gasteiger partial charge in [0.1, 0.15) is 5.75 Å². The van der Waals surface area contributed by atoms with E-state index in [4.69, 9.17) is 9.84 Å². The summed E-state index contributed by atoms with van der Waals surface area (Å²) in [6, 6.07) is 6.97. The molecule has 6 nitrogen and oxygen atoms in total. The fourth-order valence-corrected chi connectivity index (χ4v) is 2.31. The number of carboxylic acids is 1. The van der Waals surface area contributed by atoms with Crippen molar-refractivity contribution in [3.05, 3.63) is 29.8 Å². The molecule has 7 heteroatoms. The first-order chi connectivity index (χ1) is 8.36. The van der Waals surface area contributed by atoms with Crippen LogP contribution in [0.25, 0.3) is 0 Å². The Labute approximate surface area is 106 Å². The quantitative estimate of drug-likeness (QED) is 0.818. The molecule has 0 saturated heterocycles. The summed E-state index contributed by atoms with van der Waals surface area (Å²) in [7, 11) is -0.976. The Kier molecular flexibility index (Phi) is 4.69. The van der Waals surface area contributed by atoms with Crippen molar-refractivity contribution in [2.45, 2.75) is 6.54 Å². The highest BCUT2D eigenvalue weighted by Gasteiger charge is 2.22. The van der Waals surface area contributed by atoms with Gasteiger partial charge in [0.05, 0.1) is 7.11 Å². The van der Waals surface area contributed by atoms with Crippen LogP contribution in [0.5, 0.6) is 5.75 Å². The lowest BCUT2D eigenvalue weighted by molar-refractivity contribution is -0.134. The first-order valence-electron chi connectivity index (χ1n) is 5.14. The number of hydrogen-bond donors (Lipinski definition) is 1.